The number of carbonyl (C=O) groups excluding carboxylic acids is 1. The third kappa shape index (κ3) is 4.11. The molecule has 1 unspecified atom stereocenters. The van der Waals surface area contributed by atoms with Crippen LogP contribution in [-0.2, 0) is 12.8 Å². The molecule has 0 fully saturated rings. The van der Waals surface area contributed by atoms with Gasteiger partial charge >= 0.3 is 0 Å². The lowest BCUT2D eigenvalue weighted by Crippen LogP contribution is -2.31. The standard InChI is InChI=1S/C22H22FN5O3/c1-4-18-21(13(3)27-31-18)22(30)25-17(14-5-7-15(23)8-6-14)10-16-11-20(29)28-19(24-16)9-12(2)26-28/h5-9,11,17,26H,4,10H2,1-3H3,(H,25,30). The van der Waals surface area contributed by atoms with Crippen LogP contribution in [0.25, 0.3) is 5.65 Å². The number of benzene rings is 1. The van der Waals surface area contributed by atoms with Gasteiger partial charge in [0.25, 0.3) is 11.5 Å². The molecule has 0 aliphatic carbocycles. The van der Waals surface area contributed by atoms with Gasteiger partial charge in [-0.05, 0) is 31.5 Å². The minimum absolute atomic E-state index is 0.249. The molecule has 9 heteroatoms. The van der Waals surface area contributed by atoms with Crippen molar-refractivity contribution < 1.29 is 13.7 Å². The summed E-state index contributed by atoms with van der Waals surface area (Å²) < 4.78 is 20.1. The minimum atomic E-state index is -0.540. The van der Waals surface area contributed by atoms with Crippen molar-refractivity contribution in [3.63, 3.8) is 0 Å². The Balaban J connectivity index is 1.69. The normalized spacial score (nSPS) is 12.3. The van der Waals surface area contributed by atoms with Crippen LogP contribution in [0.4, 0.5) is 4.39 Å². The van der Waals surface area contributed by atoms with E-state index in [1.807, 2.05) is 13.8 Å². The molecule has 0 aliphatic rings. The predicted molar refractivity (Wildman–Crippen MR) is 111 cm³/mol. The van der Waals surface area contributed by atoms with Crippen LogP contribution in [0.15, 0.2) is 45.7 Å². The van der Waals surface area contributed by atoms with Gasteiger partial charge in [-0.3, -0.25) is 14.7 Å². The third-order valence-corrected chi connectivity index (χ3v) is 5.10. The van der Waals surface area contributed by atoms with Crippen molar-refractivity contribution in [1.29, 1.82) is 0 Å². The molecule has 2 N–H and O–H groups in total. The van der Waals surface area contributed by atoms with Gasteiger partial charge in [0.1, 0.15) is 17.1 Å². The molecule has 0 radical (unpaired) electrons. The summed E-state index contributed by atoms with van der Waals surface area (Å²) in [5.74, 6) is -0.230. The van der Waals surface area contributed by atoms with Crippen LogP contribution in [0, 0.1) is 19.7 Å². The number of hydrogen-bond acceptors (Lipinski definition) is 5. The lowest BCUT2D eigenvalue weighted by atomic mass is 10.0. The minimum Gasteiger partial charge on any atom is -0.360 e. The molecule has 1 aromatic carbocycles. The first-order valence-electron chi connectivity index (χ1n) is 9.95. The number of hydrogen-bond donors (Lipinski definition) is 2. The largest absolute Gasteiger partial charge is 0.360 e. The van der Waals surface area contributed by atoms with E-state index >= 15 is 0 Å². The van der Waals surface area contributed by atoms with Crippen molar-refractivity contribution in [1.82, 2.24) is 25.1 Å². The highest BCUT2D eigenvalue weighted by Gasteiger charge is 2.24. The summed E-state index contributed by atoms with van der Waals surface area (Å²) in [5.41, 5.74) is 3.13. The van der Waals surface area contributed by atoms with Crippen molar-refractivity contribution >= 4 is 11.6 Å². The molecule has 4 rings (SSSR count). The van der Waals surface area contributed by atoms with Crippen LogP contribution in [-0.4, -0.2) is 25.7 Å². The van der Waals surface area contributed by atoms with E-state index in [-0.39, 0.29) is 23.7 Å². The van der Waals surface area contributed by atoms with Gasteiger partial charge in [-0.1, -0.05) is 24.2 Å². The molecule has 3 heterocycles. The van der Waals surface area contributed by atoms with Crippen molar-refractivity contribution in [3.05, 3.63) is 86.5 Å². The number of aromatic nitrogens is 4. The molecule has 8 nitrogen and oxygen atoms in total. The summed E-state index contributed by atoms with van der Waals surface area (Å²) in [5, 5.41) is 9.79. The first-order chi connectivity index (χ1) is 14.9. The van der Waals surface area contributed by atoms with Gasteiger partial charge in [0.15, 0.2) is 5.65 Å². The number of nitrogens with one attached hydrogen (secondary N) is 2. The van der Waals surface area contributed by atoms with Crippen LogP contribution in [0.1, 0.15) is 51.7 Å². The number of H-pyrrole nitrogens is 1. The molecule has 0 bridgehead atoms. The highest BCUT2D eigenvalue weighted by Crippen LogP contribution is 2.21. The third-order valence-electron chi connectivity index (χ3n) is 5.10. The second-order valence-electron chi connectivity index (χ2n) is 7.42. The van der Waals surface area contributed by atoms with Crippen LogP contribution in [0.5, 0.6) is 0 Å². The monoisotopic (exact) mass is 423 g/mol. The number of halogens is 1. The molecule has 0 saturated heterocycles. The van der Waals surface area contributed by atoms with Gasteiger partial charge in [-0.25, -0.2) is 13.9 Å². The van der Waals surface area contributed by atoms with E-state index in [9.17, 15) is 14.0 Å². The fourth-order valence-corrected chi connectivity index (χ4v) is 3.60. The maximum Gasteiger partial charge on any atom is 0.272 e. The Morgan fingerprint density at radius 1 is 1.26 bits per heavy atom. The molecule has 1 atom stereocenters. The topological polar surface area (TPSA) is 105 Å². The summed E-state index contributed by atoms with van der Waals surface area (Å²) in [4.78, 5) is 30.0. The molecule has 0 spiro atoms. The molecule has 1 amide bonds. The van der Waals surface area contributed by atoms with Gasteiger partial charge in [0.05, 0.1) is 17.4 Å². The summed E-state index contributed by atoms with van der Waals surface area (Å²) in [6, 6.07) is 8.52. The Bertz CT molecular complexity index is 1300. The Kier molecular flexibility index (Phi) is 5.41. The van der Waals surface area contributed by atoms with E-state index in [0.29, 0.717) is 40.3 Å². The number of rotatable bonds is 6. The van der Waals surface area contributed by atoms with E-state index in [2.05, 4.69) is 20.6 Å². The summed E-state index contributed by atoms with van der Waals surface area (Å²) in [6.45, 7) is 5.41. The van der Waals surface area contributed by atoms with Crippen molar-refractivity contribution in [2.75, 3.05) is 0 Å². The molecular weight excluding hydrogens is 401 g/mol. The Labute approximate surface area is 177 Å². The smallest absolute Gasteiger partial charge is 0.272 e. The van der Waals surface area contributed by atoms with Crippen molar-refractivity contribution in [2.45, 2.75) is 39.7 Å². The number of nitrogens with zero attached hydrogens (tertiary/aromatic N) is 3. The number of aromatic amines is 1. The number of fused-ring (bicyclic) bond motifs is 1. The summed E-state index contributed by atoms with van der Waals surface area (Å²) in [6.07, 6.45) is 0.770. The zero-order valence-corrected chi connectivity index (χ0v) is 17.4. The molecule has 4 aromatic rings. The molecule has 0 aliphatic heterocycles. The second kappa shape index (κ2) is 8.17. The summed E-state index contributed by atoms with van der Waals surface area (Å²) in [7, 11) is 0. The lowest BCUT2D eigenvalue weighted by molar-refractivity contribution is 0.0934. The van der Waals surface area contributed by atoms with Crippen LogP contribution < -0.4 is 10.9 Å². The second-order valence-corrected chi connectivity index (χ2v) is 7.42. The fourth-order valence-electron chi connectivity index (χ4n) is 3.60. The van der Waals surface area contributed by atoms with E-state index in [1.54, 1.807) is 25.1 Å². The Morgan fingerprint density at radius 2 is 2.00 bits per heavy atom. The number of aryl methyl sites for hydroxylation is 3. The zero-order valence-electron chi connectivity index (χ0n) is 17.4. The van der Waals surface area contributed by atoms with Crippen LogP contribution >= 0.6 is 0 Å². The van der Waals surface area contributed by atoms with Gasteiger partial charge in [-0.2, -0.15) is 0 Å². The van der Waals surface area contributed by atoms with Gasteiger partial charge in [0, 0.05) is 30.7 Å². The molecule has 3 aromatic heterocycles. The molecule has 160 valence electrons. The Hall–Kier alpha value is -3.75. The van der Waals surface area contributed by atoms with E-state index < -0.39 is 6.04 Å². The average molecular weight is 423 g/mol. The predicted octanol–water partition coefficient (Wildman–Crippen LogP) is 3.04. The molecular formula is C22H22FN5O3. The Morgan fingerprint density at radius 3 is 2.71 bits per heavy atom. The van der Waals surface area contributed by atoms with Crippen LogP contribution in [0.3, 0.4) is 0 Å². The maximum atomic E-state index is 13.5. The molecule has 31 heavy (non-hydrogen) atoms. The summed E-state index contributed by atoms with van der Waals surface area (Å²) >= 11 is 0. The zero-order chi connectivity index (χ0) is 22.1. The van der Waals surface area contributed by atoms with Gasteiger partial charge in [-0.15, -0.1) is 0 Å². The van der Waals surface area contributed by atoms with E-state index in [0.717, 1.165) is 5.69 Å². The van der Waals surface area contributed by atoms with Crippen molar-refractivity contribution in [3.8, 4) is 0 Å². The highest BCUT2D eigenvalue weighted by molar-refractivity contribution is 5.96. The molecule has 0 saturated carbocycles. The number of amides is 1. The van der Waals surface area contributed by atoms with E-state index in [4.69, 9.17) is 4.52 Å². The van der Waals surface area contributed by atoms with E-state index in [1.165, 1.54) is 22.7 Å². The van der Waals surface area contributed by atoms with Crippen molar-refractivity contribution in [2.24, 2.45) is 0 Å². The SMILES string of the molecule is CCc1onc(C)c1C(=O)NC(Cc1cc(=O)n2[nH]c(C)cc2n1)c1ccc(F)cc1. The first-order valence-corrected chi connectivity index (χ1v) is 9.95. The van der Waals surface area contributed by atoms with Crippen LogP contribution in [0.2, 0.25) is 0 Å². The van der Waals surface area contributed by atoms with Gasteiger partial charge in [0.2, 0.25) is 0 Å². The average Bonchev–Trinajstić information content (AvgIpc) is 3.30. The lowest BCUT2D eigenvalue weighted by Gasteiger charge is -2.19. The van der Waals surface area contributed by atoms with Gasteiger partial charge < -0.3 is 9.84 Å². The first kappa shape index (κ1) is 20.5. The maximum absolute atomic E-state index is 13.5. The quantitative estimate of drug-likeness (QED) is 0.496. The number of carbonyl (C=O) groups is 1. The highest BCUT2D eigenvalue weighted by atomic mass is 19.1. The fraction of sp³-hybridized carbons (Fsp3) is 0.273.